The van der Waals surface area contributed by atoms with Crippen LogP contribution < -0.4 is 9.46 Å². The van der Waals surface area contributed by atoms with Gasteiger partial charge in [0.1, 0.15) is 11.4 Å². The third-order valence-electron chi connectivity index (χ3n) is 3.27. The Labute approximate surface area is 134 Å². The molecule has 23 heavy (non-hydrogen) atoms. The Bertz CT molecular complexity index is 931. The fourth-order valence-electron chi connectivity index (χ4n) is 2.27. The molecular formula is C16H17N3O3S. The summed E-state index contributed by atoms with van der Waals surface area (Å²) in [4.78, 5) is 4.49. The Morgan fingerprint density at radius 2 is 1.87 bits per heavy atom. The summed E-state index contributed by atoms with van der Waals surface area (Å²) in [6, 6.07) is 9.78. The summed E-state index contributed by atoms with van der Waals surface area (Å²) in [5.41, 5.74) is 2.12. The van der Waals surface area contributed by atoms with Gasteiger partial charge >= 0.3 is 0 Å². The lowest BCUT2D eigenvalue weighted by Crippen LogP contribution is -2.13. The van der Waals surface area contributed by atoms with E-state index in [1.54, 1.807) is 34.9 Å². The van der Waals surface area contributed by atoms with Crippen LogP contribution in [0.3, 0.4) is 0 Å². The number of pyridine rings is 1. The number of sulfonamides is 1. The Hall–Kier alpha value is -2.54. The van der Waals surface area contributed by atoms with Crippen molar-refractivity contribution in [2.75, 3.05) is 11.3 Å². The predicted octanol–water partition coefficient (Wildman–Crippen LogP) is 2.84. The molecule has 7 heteroatoms. The van der Waals surface area contributed by atoms with Crippen molar-refractivity contribution in [3.63, 3.8) is 0 Å². The summed E-state index contributed by atoms with van der Waals surface area (Å²) in [6.07, 6.45) is 3.53. The lowest BCUT2D eigenvalue weighted by molar-refractivity contribution is 0.340. The van der Waals surface area contributed by atoms with E-state index in [1.165, 1.54) is 12.1 Å². The summed E-state index contributed by atoms with van der Waals surface area (Å²) in [6.45, 7) is 4.30. The van der Waals surface area contributed by atoms with E-state index >= 15 is 0 Å². The number of aromatic nitrogens is 2. The molecule has 0 amide bonds. The first-order valence-electron chi connectivity index (χ1n) is 7.19. The van der Waals surface area contributed by atoms with Crippen LogP contribution in [0.15, 0.2) is 53.7 Å². The van der Waals surface area contributed by atoms with Crippen molar-refractivity contribution in [2.24, 2.45) is 0 Å². The zero-order chi connectivity index (χ0) is 16.4. The number of ether oxygens (including phenoxy) is 1. The smallest absolute Gasteiger partial charge is 0.261 e. The van der Waals surface area contributed by atoms with Gasteiger partial charge in [-0.25, -0.2) is 13.4 Å². The maximum absolute atomic E-state index is 12.4. The van der Waals surface area contributed by atoms with Crippen molar-refractivity contribution >= 4 is 21.4 Å². The fraction of sp³-hybridized carbons (Fsp3) is 0.188. The van der Waals surface area contributed by atoms with Gasteiger partial charge in [0.05, 0.1) is 22.9 Å². The molecule has 1 N–H and O–H groups in total. The molecule has 1 aromatic carbocycles. The standard InChI is InChI=1S/C16H17N3O3S/c1-3-22-14-5-7-15(8-6-14)23(20,21)18-13-4-9-16-17-12(2)10-19(16)11-13/h4-11,18H,3H2,1-2H3. The third-order valence-corrected chi connectivity index (χ3v) is 4.67. The van der Waals surface area contributed by atoms with Gasteiger partial charge in [0.2, 0.25) is 0 Å². The molecule has 0 atom stereocenters. The first-order chi connectivity index (χ1) is 11.0. The first-order valence-corrected chi connectivity index (χ1v) is 8.67. The first kappa shape index (κ1) is 15.4. The average Bonchev–Trinajstić information content (AvgIpc) is 2.87. The van der Waals surface area contributed by atoms with Crippen molar-refractivity contribution < 1.29 is 13.2 Å². The molecule has 0 aliphatic heterocycles. The van der Waals surface area contributed by atoms with E-state index in [4.69, 9.17) is 4.74 Å². The van der Waals surface area contributed by atoms with Crippen molar-refractivity contribution in [3.8, 4) is 5.75 Å². The molecule has 0 saturated carbocycles. The number of hydrogen-bond donors (Lipinski definition) is 1. The minimum Gasteiger partial charge on any atom is -0.494 e. The van der Waals surface area contributed by atoms with Crippen molar-refractivity contribution in [3.05, 3.63) is 54.5 Å². The van der Waals surface area contributed by atoms with Gasteiger partial charge in [-0.1, -0.05) is 0 Å². The molecule has 3 rings (SSSR count). The van der Waals surface area contributed by atoms with Crippen molar-refractivity contribution in [1.29, 1.82) is 0 Å². The predicted molar refractivity (Wildman–Crippen MR) is 88.3 cm³/mol. The largest absolute Gasteiger partial charge is 0.494 e. The number of benzene rings is 1. The number of anilines is 1. The monoisotopic (exact) mass is 331 g/mol. The molecule has 0 saturated heterocycles. The molecular weight excluding hydrogens is 314 g/mol. The Balaban J connectivity index is 1.86. The highest BCUT2D eigenvalue weighted by Crippen LogP contribution is 2.20. The van der Waals surface area contributed by atoms with Crippen LogP contribution in [0.2, 0.25) is 0 Å². The number of nitrogens with zero attached hydrogens (tertiary/aromatic N) is 2. The zero-order valence-corrected chi connectivity index (χ0v) is 13.7. The van der Waals surface area contributed by atoms with Crippen LogP contribution in [0.25, 0.3) is 5.65 Å². The number of imidazole rings is 1. The number of aryl methyl sites for hydroxylation is 1. The quantitative estimate of drug-likeness (QED) is 0.780. The lowest BCUT2D eigenvalue weighted by atomic mass is 10.3. The molecule has 0 aliphatic carbocycles. The van der Waals surface area contributed by atoms with Crippen LogP contribution >= 0.6 is 0 Å². The summed E-state index contributed by atoms with van der Waals surface area (Å²) >= 11 is 0. The minimum atomic E-state index is -3.65. The van der Waals surface area contributed by atoms with Crippen LogP contribution in [-0.4, -0.2) is 24.4 Å². The second-order valence-electron chi connectivity index (χ2n) is 5.08. The summed E-state index contributed by atoms with van der Waals surface area (Å²) in [5, 5.41) is 0. The number of hydrogen-bond acceptors (Lipinski definition) is 4. The number of fused-ring (bicyclic) bond motifs is 1. The summed E-state index contributed by atoms with van der Waals surface area (Å²) in [5.74, 6) is 0.641. The fourth-order valence-corrected chi connectivity index (χ4v) is 3.32. The maximum atomic E-state index is 12.4. The molecule has 0 aliphatic rings. The molecule has 2 aromatic heterocycles. The third kappa shape index (κ3) is 3.29. The van der Waals surface area contributed by atoms with E-state index in [-0.39, 0.29) is 4.90 Å². The van der Waals surface area contributed by atoms with E-state index < -0.39 is 10.0 Å². The highest BCUT2D eigenvalue weighted by Gasteiger charge is 2.14. The average molecular weight is 331 g/mol. The van der Waals surface area contributed by atoms with Crippen LogP contribution in [-0.2, 0) is 10.0 Å². The van der Waals surface area contributed by atoms with Crippen molar-refractivity contribution in [1.82, 2.24) is 9.38 Å². The highest BCUT2D eigenvalue weighted by molar-refractivity contribution is 7.92. The summed E-state index contributed by atoms with van der Waals surface area (Å²) in [7, 11) is -3.65. The van der Waals surface area contributed by atoms with Gasteiger partial charge in [-0.3, -0.25) is 4.72 Å². The topological polar surface area (TPSA) is 72.7 Å². The normalized spacial score (nSPS) is 11.6. The molecule has 120 valence electrons. The second kappa shape index (κ2) is 5.92. The molecule has 6 nitrogen and oxygen atoms in total. The molecule has 0 fully saturated rings. The Morgan fingerprint density at radius 1 is 1.13 bits per heavy atom. The Morgan fingerprint density at radius 3 is 2.57 bits per heavy atom. The van der Waals surface area contributed by atoms with E-state index in [1.807, 2.05) is 20.0 Å². The van der Waals surface area contributed by atoms with E-state index in [2.05, 4.69) is 9.71 Å². The van der Waals surface area contributed by atoms with Crippen LogP contribution in [0.4, 0.5) is 5.69 Å². The minimum absolute atomic E-state index is 0.183. The lowest BCUT2D eigenvalue weighted by Gasteiger charge is -2.09. The molecule has 0 spiro atoms. The van der Waals surface area contributed by atoms with E-state index in [0.29, 0.717) is 18.0 Å². The van der Waals surface area contributed by atoms with E-state index in [9.17, 15) is 8.42 Å². The number of rotatable bonds is 5. The molecule has 2 heterocycles. The van der Waals surface area contributed by atoms with Gasteiger partial charge < -0.3 is 9.14 Å². The Kier molecular flexibility index (Phi) is 3.96. The maximum Gasteiger partial charge on any atom is 0.261 e. The van der Waals surface area contributed by atoms with Gasteiger partial charge in [-0.15, -0.1) is 0 Å². The van der Waals surface area contributed by atoms with Crippen molar-refractivity contribution in [2.45, 2.75) is 18.7 Å². The van der Waals surface area contributed by atoms with Crippen LogP contribution in [0, 0.1) is 6.92 Å². The highest BCUT2D eigenvalue weighted by atomic mass is 32.2. The number of nitrogens with one attached hydrogen (secondary N) is 1. The second-order valence-corrected chi connectivity index (χ2v) is 6.76. The molecule has 0 radical (unpaired) electrons. The van der Waals surface area contributed by atoms with Gasteiger partial charge in [0.25, 0.3) is 10.0 Å². The molecule has 0 bridgehead atoms. The van der Waals surface area contributed by atoms with E-state index in [0.717, 1.165) is 11.3 Å². The molecule has 0 unspecified atom stereocenters. The van der Waals surface area contributed by atoms with Gasteiger partial charge in [0.15, 0.2) is 0 Å². The van der Waals surface area contributed by atoms with Crippen LogP contribution in [0.1, 0.15) is 12.6 Å². The zero-order valence-electron chi connectivity index (χ0n) is 12.9. The summed E-state index contributed by atoms with van der Waals surface area (Å²) < 4.78 is 34.5. The van der Waals surface area contributed by atoms with Gasteiger partial charge in [0, 0.05) is 12.4 Å². The SMILES string of the molecule is CCOc1ccc(S(=O)(=O)Nc2ccc3nc(C)cn3c2)cc1. The van der Waals surface area contributed by atoms with Gasteiger partial charge in [-0.05, 0) is 50.2 Å². The van der Waals surface area contributed by atoms with Crippen LogP contribution in [0.5, 0.6) is 5.75 Å². The van der Waals surface area contributed by atoms with Gasteiger partial charge in [-0.2, -0.15) is 0 Å². The molecule has 3 aromatic rings.